The molecule has 0 radical (unpaired) electrons. The number of carbonyl (C=O) groups excluding carboxylic acids is 1. The topological polar surface area (TPSA) is 86.3 Å². The maximum atomic E-state index is 12.3. The summed E-state index contributed by atoms with van der Waals surface area (Å²) in [6, 6.07) is 9.07. The van der Waals surface area contributed by atoms with Crippen LogP contribution in [0.25, 0.3) is 10.6 Å². The van der Waals surface area contributed by atoms with E-state index in [1.165, 1.54) is 11.3 Å². The molecule has 144 valence electrons. The molecule has 3 aromatic rings. The van der Waals surface area contributed by atoms with Crippen molar-refractivity contribution in [3.63, 3.8) is 0 Å². The summed E-state index contributed by atoms with van der Waals surface area (Å²) in [5, 5.41) is 8.14. The van der Waals surface area contributed by atoms with Crippen LogP contribution in [0.15, 0.2) is 48.1 Å². The van der Waals surface area contributed by atoms with Crippen molar-refractivity contribution in [1.82, 2.24) is 19.9 Å². The first kappa shape index (κ1) is 18.3. The van der Waals surface area contributed by atoms with Crippen LogP contribution in [0.5, 0.6) is 0 Å². The Hall–Kier alpha value is -3.04. The number of piperazine rings is 1. The molecule has 2 amide bonds. The molecular weight excluding hydrogens is 374 g/mol. The number of thiazole rings is 1. The molecule has 4 rings (SSSR count). The third kappa shape index (κ3) is 4.44. The van der Waals surface area contributed by atoms with Gasteiger partial charge in [-0.25, -0.2) is 14.8 Å². The molecule has 0 saturated carbocycles. The van der Waals surface area contributed by atoms with Gasteiger partial charge in [0.15, 0.2) is 0 Å². The lowest BCUT2D eigenvalue weighted by Gasteiger charge is -2.33. The van der Waals surface area contributed by atoms with Crippen molar-refractivity contribution in [3.8, 4) is 10.6 Å². The lowest BCUT2D eigenvalue weighted by molar-refractivity contribution is 0.262. The summed E-state index contributed by atoms with van der Waals surface area (Å²) in [6.45, 7) is 3.86. The van der Waals surface area contributed by atoms with Crippen LogP contribution in [-0.2, 0) is 0 Å². The number of rotatable bonds is 4. The van der Waals surface area contributed by atoms with Gasteiger partial charge in [0.2, 0.25) is 0 Å². The van der Waals surface area contributed by atoms with Crippen LogP contribution in [-0.4, -0.2) is 59.1 Å². The molecule has 1 aliphatic rings. The summed E-state index contributed by atoms with van der Waals surface area (Å²) < 4.78 is 0. The maximum Gasteiger partial charge on any atom is 0.326 e. The van der Waals surface area contributed by atoms with Crippen molar-refractivity contribution < 1.29 is 4.79 Å². The number of pyridine rings is 2. The first-order valence-corrected chi connectivity index (χ1v) is 9.90. The van der Waals surface area contributed by atoms with Crippen molar-refractivity contribution >= 4 is 34.8 Å². The molecule has 4 heterocycles. The quantitative estimate of drug-likeness (QED) is 0.706. The molecular formula is C19H21N7OS. The zero-order chi connectivity index (χ0) is 19.3. The molecule has 1 aliphatic heterocycles. The fourth-order valence-corrected chi connectivity index (χ4v) is 3.66. The highest BCUT2D eigenvalue weighted by Gasteiger charge is 2.16. The summed E-state index contributed by atoms with van der Waals surface area (Å²) in [5.74, 6) is 1.88. The Balaban J connectivity index is 1.38. The van der Waals surface area contributed by atoms with Gasteiger partial charge in [0.05, 0.1) is 0 Å². The second-order valence-electron chi connectivity index (χ2n) is 6.53. The van der Waals surface area contributed by atoms with E-state index >= 15 is 0 Å². The number of likely N-dealkylation sites (N-methyl/N-ethyl adjacent to an activating group) is 1. The second kappa shape index (κ2) is 8.32. The fourth-order valence-electron chi connectivity index (χ4n) is 2.92. The van der Waals surface area contributed by atoms with E-state index in [1.54, 1.807) is 23.8 Å². The number of nitrogens with zero attached hydrogens (tertiary/aromatic N) is 5. The monoisotopic (exact) mass is 395 g/mol. The molecule has 0 unspecified atom stereocenters. The van der Waals surface area contributed by atoms with Crippen molar-refractivity contribution in [1.29, 1.82) is 0 Å². The second-order valence-corrected chi connectivity index (χ2v) is 7.39. The number of hydrogen-bond acceptors (Lipinski definition) is 7. The first-order valence-electron chi connectivity index (χ1n) is 9.02. The number of aromatic nitrogens is 3. The van der Waals surface area contributed by atoms with E-state index in [4.69, 9.17) is 0 Å². The Morgan fingerprint density at radius 1 is 1.04 bits per heavy atom. The van der Waals surface area contributed by atoms with Crippen LogP contribution >= 0.6 is 11.3 Å². The van der Waals surface area contributed by atoms with Gasteiger partial charge < -0.3 is 9.80 Å². The summed E-state index contributed by atoms with van der Waals surface area (Å²) in [6.07, 6.45) is 3.46. The minimum atomic E-state index is -0.369. The number of anilines is 3. The molecule has 0 aromatic carbocycles. The van der Waals surface area contributed by atoms with Gasteiger partial charge >= 0.3 is 6.03 Å². The number of nitrogens with one attached hydrogen (secondary N) is 2. The molecule has 2 N–H and O–H groups in total. The summed E-state index contributed by atoms with van der Waals surface area (Å²) in [7, 11) is 2.12. The van der Waals surface area contributed by atoms with Crippen molar-refractivity contribution in [2.24, 2.45) is 0 Å². The largest absolute Gasteiger partial charge is 0.354 e. The Kier molecular flexibility index (Phi) is 5.45. The lowest BCUT2D eigenvalue weighted by Crippen LogP contribution is -2.44. The van der Waals surface area contributed by atoms with E-state index in [1.807, 2.05) is 24.3 Å². The van der Waals surface area contributed by atoms with E-state index in [2.05, 4.69) is 42.4 Å². The number of carbonyl (C=O) groups is 1. The molecule has 1 fully saturated rings. The van der Waals surface area contributed by atoms with E-state index in [0.717, 1.165) is 42.6 Å². The molecule has 0 spiro atoms. The molecule has 0 aliphatic carbocycles. The van der Waals surface area contributed by atoms with Crippen LogP contribution < -0.4 is 15.5 Å². The van der Waals surface area contributed by atoms with Gasteiger partial charge in [0.1, 0.15) is 22.5 Å². The minimum Gasteiger partial charge on any atom is -0.354 e. The van der Waals surface area contributed by atoms with Crippen molar-refractivity contribution in [2.75, 3.05) is 48.8 Å². The number of urea groups is 1. The minimum absolute atomic E-state index is 0.369. The Labute approximate surface area is 167 Å². The standard InChI is InChI=1S/C19H21N7OS/c1-25-8-10-26(11-9-25)17-6-2-5-15(21-17)23-19(27)24-16-13-28-18(22-16)14-4-3-7-20-12-14/h2-7,12-13H,8-11H2,1H3,(H2,21,23,24,27). The van der Waals surface area contributed by atoms with Gasteiger partial charge in [-0.1, -0.05) is 6.07 Å². The molecule has 1 saturated heterocycles. The molecule has 0 atom stereocenters. The van der Waals surface area contributed by atoms with E-state index in [0.29, 0.717) is 11.6 Å². The van der Waals surface area contributed by atoms with Gasteiger partial charge in [0, 0.05) is 49.5 Å². The number of amides is 2. The van der Waals surface area contributed by atoms with Crippen LogP contribution in [0, 0.1) is 0 Å². The smallest absolute Gasteiger partial charge is 0.326 e. The molecule has 0 bridgehead atoms. The fraction of sp³-hybridized carbons (Fsp3) is 0.263. The predicted octanol–water partition coefficient (Wildman–Crippen LogP) is 3.00. The highest BCUT2D eigenvalue weighted by molar-refractivity contribution is 7.13. The van der Waals surface area contributed by atoms with Gasteiger partial charge in [-0.15, -0.1) is 11.3 Å². The van der Waals surface area contributed by atoms with Crippen LogP contribution in [0.2, 0.25) is 0 Å². The normalized spacial score (nSPS) is 14.7. The van der Waals surface area contributed by atoms with Crippen molar-refractivity contribution in [3.05, 3.63) is 48.1 Å². The molecule has 3 aromatic heterocycles. The van der Waals surface area contributed by atoms with Gasteiger partial charge in [-0.2, -0.15) is 0 Å². The molecule has 8 nitrogen and oxygen atoms in total. The number of hydrogen-bond donors (Lipinski definition) is 2. The zero-order valence-electron chi connectivity index (χ0n) is 15.5. The highest BCUT2D eigenvalue weighted by atomic mass is 32.1. The van der Waals surface area contributed by atoms with Crippen LogP contribution in [0.4, 0.5) is 22.2 Å². The summed E-state index contributed by atoms with van der Waals surface area (Å²) >= 11 is 1.45. The molecule has 28 heavy (non-hydrogen) atoms. The lowest BCUT2D eigenvalue weighted by atomic mass is 10.3. The summed E-state index contributed by atoms with van der Waals surface area (Å²) in [4.78, 5) is 29.9. The van der Waals surface area contributed by atoms with Gasteiger partial charge in [-0.3, -0.25) is 15.6 Å². The van der Waals surface area contributed by atoms with E-state index in [9.17, 15) is 4.79 Å². The van der Waals surface area contributed by atoms with E-state index < -0.39 is 0 Å². The predicted molar refractivity (Wildman–Crippen MR) is 112 cm³/mol. The first-order chi connectivity index (χ1) is 13.7. The van der Waals surface area contributed by atoms with Crippen LogP contribution in [0.1, 0.15) is 0 Å². The SMILES string of the molecule is CN1CCN(c2cccc(NC(=O)Nc3csc(-c4cccnc4)n3)n2)CC1. The Morgan fingerprint density at radius 3 is 2.64 bits per heavy atom. The van der Waals surface area contributed by atoms with Crippen molar-refractivity contribution in [2.45, 2.75) is 0 Å². The third-order valence-corrected chi connectivity index (χ3v) is 5.35. The third-order valence-electron chi connectivity index (χ3n) is 4.46. The van der Waals surface area contributed by atoms with E-state index in [-0.39, 0.29) is 6.03 Å². The molecule has 9 heteroatoms. The average Bonchev–Trinajstić information content (AvgIpc) is 3.18. The Bertz CT molecular complexity index is 938. The van der Waals surface area contributed by atoms with Gasteiger partial charge in [-0.05, 0) is 31.3 Å². The summed E-state index contributed by atoms with van der Waals surface area (Å²) in [5.41, 5.74) is 0.919. The zero-order valence-corrected chi connectivity index (χ0v) is 16.3. The van der Waals surface area contributed by atoms with Crippen LogP contribution in [0.3, 0.4) is 0 Å². The average molecular weight is 395 g/mol. The maximum absolute atomic E-state index is 12.3. The Morgan fingerprint density at radius 2 is 1.86 bits per heavy atom. The highest BCUT2D eigenvalue weighted by Crippen LogP contribution is 2.25. The van der Waals surface area contributed by atoms with Gasteiger partial charge in [0.25, 0.3) is 0 Å².